The van der Waals surface area contributed by atoms with E-state index in [-0.39, 0.29) is 11.6 Å². The Morgan fingerprint density at radius 1 is 1.04 bits per heavy atom. The number of nitro groups is 1. The van der Waals surface area contributed by atoms with Gasteiger partial charge >= 0.3 is 0 Å². The van der Waals surface area contributed by atoms with Crippen LogP contribution in [0.3, 0.4) is 0 Å². The van der Waals surface area contributed by atoms with Crippen molar-refractivity contribution in [1.29, 1.82) is 0 Å². The van der Waals surface area contributed by atoms with E-state index >= 15 is 0 Å². The number of benzene rings is 2. The van der Waals surface area contributed by atoms with Crippen molar-refractivity contribution in [2.75, 3.05) is 5.32 Å². The molecule has 2 rings (SSSR count). The SMILES string of the molecule is CC(C)[C@H](NC(=O)[C@H](N)Cc1ccccc1)C(=O)Nc1ccc([N+](=O)[O-])cc1. The van der Waals surface area contributed by atoms with Crippen LogP contribution in [0.25, 0.3) is 0 Å². The van der Waals surface area contributed by atoms with Crippen molar-refractivity contribution in [2.45, 2.75) is 32.4 Å². The number of non-ortho nitro benzene ring substituents is 1. The van der Waals surface area contributed by atoms with Crippen molar-refractivity contribution in [3.8, 4) is 0 Å². The molecule has 0 saturated carbocycles. The van der Waals surface area contributed by atoms with Gasteiger partial charge in [-0.05, 0) is 30.0 Å². The lowest BCUT2D eigenvalue weighted by Crippen LogP contribution is -2.52. The van der Waals surface area contributed by atoms with Crippen molar-refractivity contribution in [3.05, 3.63) is 70.3 Å². The molecule has 0 aromatic heterocycles. The maximum atomic E-state index is 12.6. The van der Waals surface area contributed by atoms with Gasteiger partial charge in [0.15, 0.2) is 0 Å². The van der Waals surface area contributed by atoms with Crippen LogP contribution < -0.4 is 16.4 Å². The molecule has 2 aromatic rings. The van der Waals surface area contributed by atoms with Crippen molar-refractivity contribution < 1.29 is 14.5 Å². The molecule has 0 heterocycles. The normalized spacial score (nSPS) is 12.9. The van der Waals surface area contributed by atoms with E-state index in [0.29, 0.717) is 12.1 Å². The zero-order valence-corrected chi connectivity index (χ0v) is 15.8. The monoisotopic (exact) mass is 384 g/mol. The lowest BCUT2D eigenvalue weighted by molar-refractivity contribution is -0.384. The van der Waals surface area contributed by atoms with Gasteiger partial charge in [0.25, 0.3) is 5.69 Å². The maximum Gasteiger partial charge on any atom is 0.269 e. The topological polar surface area (TPSA) is 127 Å². The summed E-state index contributed by atoms with van der Waals surface area (Å²) in [7, 11) is 0. The largest absolute Gasteiger partial charge is 0.343 e. The zero-order valence-electron chi connectivity index (χ0n) is 15.8. The van der Waals surface area contributed by atoms with Crippen LogP contribution in [0.1, 0.15) is 19.4 Å². The van der Waals surface area contributed by atoms with E-state index in [1.54, 1.807) is 0 Å². The molecule has 0 unspecified atom stereocenters. The van der Waals surface area contributed by atoms with Gasteiger partial charge in [-0.2, -0.15) is 0 Å². The van der Waals surface area contributed by atoms with Gasteiger partial charge in [-0.1, -0.05) is 44.2 Å². The zero-order chi connectivity index (χ0) is 20.7. The van der Waals surface area contributed by atoms with E-state index in [1.807, 2.05) is 44.2 Å². The Bertz CT molecular complexity index is 822. The Kier molecular flexibility index (Phi) is 7.22. The molecule has 0 spiro atoms. The molecule has 4 N–H and O–H groups in total. The Balaban J connectivity index is 2.00. The van der Waals surface area contributed by atoms with Crippen molar-refractivity contribution in [1.82, 2.24) is 5.32 Å². The van der Waals surface area contributed by atoms with Crippen LogP contribution >= 0.6 is 0 Å². The Hall–Kier alpha value is -3.26. The number of rotatable bonds is 8. The van der Waals surface area contributed by atoms with Crippen molar-refractivity contribution in [2.24, 2.45) is 11.7 Å². The second-order valence-corrected chi connectivity index (χ2v) is 6.82. The fourth-order valence-corrected chi connectivity index (χ4v) is 2.64. The van der Waals surface area contributed by atoms with E-state index in [1.165, 1.54) is 24.3 Å². The fraction of sp³-hybridized carbons (Fsp3) is 0.300. The number of hydrogen-bond donors (Lipinski definition) is 3. The second kappa shape index (κ2) is 9.61. The average molecular weight is 384 g/mol. The summed E-state index contributed by atoms with van der Waals surface area (Å²) in [6.07, 6.45) is 0.363. The molecular weight excluding hydrogens is 360 g/mol. The van der Waals surface area contributed by atoms with Gasteiger partial charge in [0.2, 0.25) is 11.8 Å². The number of nitrogens with two attached hydrogens (primary N) is 1. The highest BCUT2D eigenvalue weighted by molar-refractivity contribution is 5.98. The first-order valence-electron chi connectivity index (χ1n) is 8.93. The third kappa shape index (κ3) is 5.88. The summed E-state index contributed by atoms with van der Waals surface area (Å²) in [5.41, 5.74) is 7.26. The first kappa shape index (κ1) is 21.0. The molecule has 148 valence electrons. The second-order valence-electron chi connectivity index (χ2n) is 6.82. The highest BCUT2D eigenvalue weighted by atomic mass is 16.6. The third-order valence-electron chi connectivity index (χ3n) is 4.23. The lowest BCUT2D eigenvalue weighted by Gasteiger charge is -2.23. The number of hydrogen-bond acceptors (Lipinski definition) is 5. The van der Waals surface area contributed by atoms with Crippen molar-refractivity contribution in [3.63, 3.8) is 0 Å². The van der Waals surface area contributed by atoms with Gasteiger partial charge in [-0.3, -0.25) is 19.7 Å². The van der Waals surface area contributed by atoms with Crippen LogP contribution in [0.15, 0.2) is 54.6 Å². The van der Waals surface area contributed by atoms with E-state index in [9.17, 15) is 19.7 Å². The molecule has 0 aliphatic heterocycles. The minimum absolute atomic E-state index is 0.0707. The molecule has 0 radical (unpaired) electrons. The summed E-state index contributed by atoms with van der Waals surface area (Å²) in [5.74, 6) is -1.00. The maximum absolute atomic E-state index is 12.6. The molecule has 0 saturated heterocycles. The number of nitrogens with one attached hydrogen (secondary N) is 2. The molecule has 8 nitrogen and oxygen atoms in total. The summed E-state index contributed by atoms with van der Waals surface area (Å²) in [6, 6.07) is 13.3. The van der Waals surface area contributed by atoms with Gasteiger partial charge in [0, 0.05) is 17.8 Å². The lowest BCUT2D eigenvalue weighted by atomic mass is 10.0. The molecule has 2 atom stereocenters. The molecule has 28 heavy (non-hydrogen) atoms. The number of carbonyl (C=O) groups excluding carboxylic acids is 2. The quantitative estimate of drug-likeness (QED) is 0.475. The van der Waals surface area contributed by atoms with Crippen LogP contribution in [-0.4, -0.2) is 28.8 Å². The van der Waals surface area contributed by atoms with Crippen LogP contribution in [-0.2, 0) is 16.0 Å². The first-order valence-corrected chi connectivity index (χ1v) is 8.93. The Morgan fingerprint density at radius 3 is 2.18 bits per heavy atom. The first-order chi connectivity index (χ1) is 13.3. The predicted molar refractivity (Wildman–Crippen MR) is 107 cm³/mol. The summed E-state index contributed by atoms with van der Waals surface area (Å²) in [4.78, 5) is 35.2. The number of carbonyl (C=O) groups is 2. The van der Waals surface area contributed by atoms with E-state index in [2.05, 4.69) is 10.6 Å². The Labute approximate surface area is 163 Å². The van der Waals surface area contributed by atoms with E-state index in [0.717, 1.165) is 5.56 Å². The molecule has 2 aromatic carbocycles. The number of nitro benzene ring substituents is 1. The highest BCUT2D eigenvalue weighted by Gasteiger charge is 2.26. The molecular formula is C20H24N4O4. The fourth-order valence-electron chi connectivity index (χ4n) is 2.64. The summed E-state index contributed by atoms with van der Waals surface area (Å²) in [6.45, 7) is 3.62. The minimum atomic E-state index is -0.787. The minimum Gasteiger partial charge on any atom is -0.343 e. The van der Waals surface area contributed by atoms with Crippen LogP contribution in [0, 0.1) is 16.0 Å². The number of nitrogens with zero attached hydrogens (tertiary/aromatic N) is 1. The van der Waals surface area contributed by atoms with Crippen LogP contribution in [0.2, 0.25) is 0 Å². The third-order valence-corrected chi connectivity index (χ3v) is 4.23. The van der Waals surface area contributed by atoms with E-state index < -0.39 is 28.8 Å². The number of anilines is 1. The summed E-state index contributed by atoms with van der Waals surface area (Å²) in [5, 5.41) is 16.1. The molecule has 8 heteroatoms. The van der Waals surface area contributed by atoms with Gasteiger partial charge < -0.3 is 16.4 Å². The number of amides is 2. The van der Waals surface area contributed by atoms with Gasteiger partial charge in [-0.15, -0.1) is 0 Å². The highest BCUT2D eigenvalue weighted by Crippen LogP contribution is 2.16. The molecule has 2 amide bonds. The predicted octanol–water partition coefficient (Wildman–Crippen LogP) is 2.24. The van der Waals surface area contributed by atoms with Gasteiger partial charge in [0.1, 0.15) is 6.04 Å². The average Bonchev–Trinajstić information content (AvgIpc) is 2.66. The van der Waals surface area contributed by atoms with Crippen molar-refractivity contribution >= 4 is 23.2 Å². The molecule has 0 bridgehead atoms. The van der Waals surface area contributed by atoms with Gasteiger partial charge in [-0.25, -0.2) is 0 Å². The standard InChI is InChI=1S/C20H24N4O4/c1-13(2)18(20(26)22-15-8-10-16(11-9-15)24(27)28)23-19(25)17(21)12-14-6-4-3-5-7-14/h3-11,13,17-18H,12,21H2,1-2H3,(H,22,26)(H,23,25)/t17-,18+/m1/s1. The Morgan fingerprint density at radius 2 is 1.64 bits per heavy atom. The molecule has 0 aliphatic carbocycles. The smallest absolute Gasteiger partial charge is 0.269 e. The summed E-state index contributed by atoms with van der Waals surface area (Å²) >= 11 is 0. The summed E-state index contributed by atoms with van der Waals surface area (Å²) < 4.78 is 0. The van der Waals surface area contributed by atoms with Crippen LogP contribution in [0.4, 0.5) is 11.4 Å². The van der Waals surface area contributed by atoms with Gasteiger partial charge in [0.05, 0.1) is 11.0 Å². The van der Waals surface area contributed by atoms with Crippen LogP contribution in [0.5, 0.6) is 0 Å². The van der Waals surface area contributed by atoms with E-state index in [4.69, 9.17) is 5.73 Å². The molecule has 0 fully saturated rings. The molecule has 0 aliphatic rings.